The average Bonchev–Trinajstić information content (AvgIpc) is 3.24. The number of hydrogen-bond donors (Lipinski definition) is 0. The van der Waals surface area contributed by atoms with E-state index in [9.17, 15) is 19.2 Å². The van der Waals surface area contributed by atoms with E-state index >= 15 is 0 Å². The highest BCUT2D eigenvalue weighted by atomic mass is 32.2. The van der Waals surface area contributed by atoms with Crippen LogP contribution in [0.3, 0.4) is 0 Å². The maximum atomic E-state index is 13.5. The molecule has 5 fully saturated rings. The molecule has 9 heteroatoms. The van der Waals surface area contributed by atoms with Gasteiger partial charge in [-0.15, -0.1) is 0 Å². The first kappa shape index (κ1) is 27.3. The van der Waals surface area contributed by atoms with Gasteiger partial charge < -0.3 is 14.4 Å². The quantitative estimate of drug-likeness (QED) is 0.253. The highest BCUT2D eigenvalue weighted by Crippen LogP contribution is 2.60. The van der Waals surface area contributed by atoms with Crippen molar-refractivity contribution in [2.45, 2.75) is 51.5 Å². The summed E-state index contributed by atoms with van der Waals surface area (Å²) < 4.78 is 11.5. The van der Waals surface area contributed by atoms with Crippen LogP contribution in [-0.4, -0.2) is 53.0 Å². The lowest BCUT2D eigenvalue weighted by molar-refractivity contribution is -0.161. The molecule has 4 bridgehead atoms. The third kappa shape index (κ3) is 4.91. The molecule has 2 heterocycles. The van der Waals surface area contributed by atoms with Gasteiger partial charge in [0.15, 0.2) is 11.5 Å². The molecule has 4 aliphatic carbocycles. The molecular formula is C33H34N2O6S. The van der Waals surface area contributed by atoms with Crippen LogP contribution in [0.25, 0.3) is 6.08 Å². The molecule has 0 N–H and O–H groups in total. The predicted molar refractivity (Wildman–Crippen MR) is 157 cm³/mol. The Kier molecular flexibility index (Phi) is 6.88. The van der Waals surface area contributed by atoms with Gasteiger partial charge in [0.1, 0.15) is 6.54 Å². The molecule has 0 atom stereocenters. The smallest absolute Gasteiger partial charge is 0.317 e. The number of imide groups is 1. The second kappa shape index (κ2) is 10.6. The molecule has 3 amide bonds. The van der Waals surface area contributed by atoms with Crippen LogP contribution in [0.15, 0.2) is 47.4 Å². The van der Waals surface area contributed by atoms with Gasteiger partial charge in [-0.1, -0.05) is 30.3 Å². The Labute approximate surface area is 249 Å². The van der Waals surface area contributed by atoms with Crippen molar-refractivity contribution in [2.75, 3.05) is 20.2 Å². The molecule has 8 nitrogen and oxygen atoms in total. The molecule has 0 unspecified atom stereocenters. The number of hydrogen-bond acceptors (Lipinski definition) is 7. The van der Waals surface area contributed by atoms with E-state index in [0.717, 1.165) is 47.9 Å². The van der Waals surface area contributed by atoms with Crippen LogP contribution in [0, 0.1) is 23.2 Å². The predicted octanol–water partition coefficient (Wildman–Crippen LogP) is 5.44. The number of fused-ring (bicyclic) bond motifs is 1. The number of benzene rings is 2. The third-order valence-electron chi connectivity index (χ3n) is 9.81. The number of thioether (sulfide) groups is 1. The van der Waals surface area contributed by atoms with Crippen molar-refractivity contribution in [1.82, 2.24) is 9.80 Å². The van der Waals surface area contributed by atoms with Gasteiger partial charge in [-0.2, -0.15) is 0 Å². The summed E-state index contributed by atoms with van der Waals surface area (Å²) in [5, 5.41) is -0.468. The maximum Gasteiger partial charge on any atom is 0.317 e. The minimum atomic E-state index is -0.493. The highest BCUT2D eigenvalue weighted by Gasteiger charge is 2.55. The third-order valence-corrected chi connectivity index (χ3v) is 10.7. The van der Waals surface area contributed by atoms with Gasteiger partial charge in [0.05, 0.1) is 17.4 Å². The topological polar surface area (TPSA) is 93.2 Å². The van der Waals surface area contributed by atoms with Crippen molar-refractivity contribution in [3.63, 3.8) is 0 Å². The van der Waals surface area contributed by atoms with E-state index in [1.807, 2.05) is 18.2 Å². The van der Waals surface area contributed by atoms with Crippen molar-refractivity contribution >= 4 is 40.9 Å². The van der Waals surface area contributed by atoms with E-state index in [1.165, 1.54) is 31.9 Å². The van der Waals surface area contributed by atoms with Gasteiger partial charge in [-0.05, 0) is 109 Å². The van der Waals surface area contributed by atoms with Gasteiger partial charge in [-0.3, -0.25) is 24.1 Å². The normalized spacial score (nSPS) is 28.8. The molecule has 0 spiro atoms. The van der Waals surface area contributed by atoms with E-state index in [2.05, 4.69) is 6.07 Å². The van der Waals surface area contributed by atoms with Crippen molar-refractivity contribution in [3.05, 3.63) is 64.1 Å². The fraction of sp³-hybridized carbons (Fsp3) is 0.455. The fourth-order valence-electron chi connectivity index (χ4n) is 8.16. The number of esters is 1. The molecule has 1 saturated heterocycles. The summed E-state index contributed by atoms with van der Waals surface area (Å²) in [5.74, 6) is 1.75. The van der Waals surface area contributed by atoms with E-state index in [4.69, 9.17) is 9.47 Å². The Morgan fingerprint density at radius 3 is 2.36 bits per heavy atom. The number of ether oxygens (including phenoxy) is 2. The van der Waals surface area contributed by atoms with Crippen LogP contribution in [0.2, 0.25) is 0 Å². The minimum absolute atomic E-state index is 0.157. The first-order chi connectivity index (χ1) is 20.3. The highest BCUT2D eigenvalue weighted by molar-refractivity contribution is 8.18. The first-order valence-corrected chi connectivity index (χ1v) is 15.6. The number of amides is 3. The van der Waals surface area contributed by atoms with Crippen LogP contribution in [-0.2, 0) is 27.3 Å². The molecule has 6 aliphatic rings. The average molecular weight is 587 g/mol. The summed E-state index contributed by atoms with van der Waals surface area (Å²) in [6.45, 7) is 0.745. The second-order valence-electron chi connectivity index (χ2n) is 12.6. The van der Waals surface area contributed by atoms with Crippen LogP contribution in [0.1, 0.15) is 55.2 Å². The zero-order valence-corrected chi connectivity index (χ0v) is 24.5. The zero-order chi connectivity index (χ0) is 29.0. The Morgan fingerprint density at radius 2 is 1.67 bits per heavy atom. The van der Waals surface area contributed by atoms with Crippen molar-refractivity contribution < 1.29 is 28.7 Å². The molecule has 4 saturated carbocycles. The van der Waals surface area contributed by atoms with Gasteiger partial charge in [0.25, 0.3) is 11.1 Å². The maximum absolute atomic E-state index is 13.5. The lowest BCUT2D eigenvalue weighted by Crippen LogP contribution is -2.51. The van der Waals surface area contributed by atoms with Gasteiger partial charge in [-0.25, -0.2) is 0 Å². The molecule has 2 aliphatic heterocycles. The zero-order valence-electron chi connectivity index (χ0n) is 23.7. The number of carbonyl (C=O) groups excluding carboxylic acids is 4. The Balaban J connectivity index is 1.02. The van der Waals surface area contributed by atoms with Gasteiger partial charge in [0, 0.05) is 13.1 Å². The molecule has 0 aromatic heterocycles. The van der Waals surface area contributed by atoms with E-state index < -0.39 is 11.1 Å². The van der Waals surface area contributed by atoms with Crippen LogP contribution in [0.5, 0.6) is 11.5 Å². The summed E-state index contributed by atoms with van der Waals surface area (Å²) in [5.41, 5.74) is 2.56. The van der Waals surface area contributed by atoms with Gasteiger partial charge >= 0.3 is 5.97 Å². The molecule has 2 aromatic rings. The van der Waals surface area contributed by atoms with E-state index in [-0.39, 0.29) is 28.7 Å². The molecule has 42 heavy (non-hydrogen) atoms. The largest absolute Gasteiger partial charge is 0.493 e. The summed E-state index contributed by atoms with van der Waals surface area (Å²) >= 11 is 0.816. The SMILES string of the molecule is COc1cc(/C=C2\SC(=O)N(CC(=O)N3CCc4ccccc4C3)C2=O)ccc1OC(=O)C12CC3CC(CC(C3)C1)C2. The van der Waals surface area contributed by atoms with E-state index in [0.29, 0.717) is 47.9 Å². The second-order valence-corrected chi connectivity index (χ2v) is 13.6. The number of nitrogens with zero attached hydrogens (tertiary/aromatic N) is 2. The molecular weight excluding hydrogens is 552 g/mol. The molecule has 8 rings (SSSR count). The molecule has 2 aromatic carbocycles. The van der Waals surface area contributed by atoms with Crippen molar-refractivity contribution in [3.8, 4) is 11.5 Å². The Morgan fingerprint density at radius 1 is 0.976 bits per heavy atom. The van der Waals surface area contributed by atoms with Crippen LogP contribution in [0.4, 0.5) is 4.79 Å². The summed E-state index contributed by atoms with van der Waals surface area (Å²) in [6, 6.07) is 13.1. The van der Waals surface area contributed by atoms with Gasteiger partial charge in [0.2, 0.25) is 5.91 Å². The number of rotatable bonds is 6. The van der Waals surface area contributed by atoms with Crippen molar-refractivity contribution in [2.24, 2.45) is 23.2 Å². The monoisotopic (exact) mass is 586 g/mol. The number of carbonyl (C=O) groups is 4. The summed E-state index contributed by atoms with van der Waals surface area (Å²) in [6.07, 6.45) is 8.86. The standard InChI is InChI=1S/C33H34N2O6S/c1-40-27-13-20(6-7-26(27)41-31(38)33-15-21-10-22(16-33)12-23(11-21)17-33)14-28-30(37)35(32(39)42-28)19-29(36)34-9-8-24-4-2-3-5-25(24)18-34/h2-7,13-14,21-23H,8-12,15-19H2,1H3/b28-14-. The lowest BCUT2D eigenvalue weighted by atomic mass is 9.49. The summed E-state index contributed by atoms with van der Waals surface area (Å²) in [4.78, 5) is 55.3. The molecule has 0 radical (unpaired) electrons. The number of methoxy groups -OCH3 is 1. The Hall–Kier alpha value is -3.59. The van der Waals surface area contributed by atoms with Crippen molar-refractivity contribution in [1.29, 1.82) is 0 Å². The van der Waals surface area contributed by atoms with E-state index in [1.54, 1.807) is 29.2 Å². The minimum Gasteiger partial charge on any atom is -0.493 e. The summed E-state index contributed by atoms with van der Waals surface area (Å²) in [7, 11) is 1.51. The first-order valence-electron chi connectivity index (χ1n) is 14.8. The Bertz CT molecular complexity index is 1480. The fourth-order valence-corrected chi connectivity index (χ4v) is 9.00. The molecule has 218 valence electrons. The van der Waals surface area contributed by atoms with Crippen LogP contribution < -0.4 is 9.47 Å². The lowest BCUT2D eigenvalue weighted by Gasteiger charge is -2.55. The van der Waals surface area contributed by atoms with Crippen LogP contribution >= 0.6 is 11.8 Å².